The van der Waals surface area contributed by atoms with Gasteiger partial charge in [0.15, 0.2) is 0 Å². The van der Waals surface area contributed by atoms with Crippen LogP contribution in [0.25, 0.3) is 0 Å². The molecule has 0 heterocycles. The van der Waals surface area contributed by atoms with Gasteiger partial charge in [-0.15, -0.1) is 11.8 Å². The van der Waals surface area contributed by atoms with Crippen LogP contribution in [0.15, 0.2) is 71.1 Å². The maximum atomic E-state index is 11.9. The summed E-state index contributed by atoms with van der Waals surface area (Å²) in [6.07, 6.45) is 1.03. The number of carbonyl (C=O) groups excluding carboxylic acids is 2. The average Bonchev–Trinajstić information content (AvgIpc) is 2.62. The summed E-state index contributed by atoms with van der Waals surface area (Å²) in [4.78, 5) is 35.2. The summed E-state index contributed by atoms with van der Waals surface area (Å²) < 4.78 is 0. The first-order valence-electron chi connectivity index (χ1n) is 7.74. The van der Waals surface area contributed by atoms with Gasteiger partial charge in [-0.05, 0) is 43.3 Å². The molecule has 7 heteroatoms. The van der Waals surface area contributed by atoms with Crippen LogP contribution in [-0.2, 0) is 14.4 Å². The zero-order valence-electron chi connectivity index (χ0n) is 14.1. The van der Waals surface area contributed by atoms with Crippen LogP contribution in [0.2, 0.25) is 0 Å². The van der Waals surface area contributed by atoms with Crippen molar-refractivity contribution in [1.29, 1.82) is 0 Å². The molecule has 0 aromatic heterocycles. The lowest BCUT2D eigenvalue weighted by Gasteiger charge is -2.06. The zero-order chi connectivity index (χ0) is 18.9. The lowest BCUT2D eigenvalue weighted by molar-refractivity contribution is -0.132. The summed E-state index contributed by atoms with van der Waals surface area (Å²) in [5, 5.41) is 14.1. The van der Waals surface area contributed by atoms with Crippen molar-refractivity contribution in [3.05, 3.63) is 66.2 Å². The molecule has 0 aliphatic heterocycles. The van der Waals surface area contributed by atoms with Crippen molar-refractivity contribution in [1.82, 2.24) is 0 Å². The van der Waals surface area contributed by atoms with Crippen molar-refractivity contribution in [3.63, 3.8) is 0 Å². The van der Waals surface area contributed by atoms with Crippen LogP contribution in [0.3, 0.4) is 0 Å². The number of thioether (sulfide) groups is 1. The fraction of sp³-hybridized carbons (Fsp3) is 0.105. The summed E-state index contributed by atoms with van der Waals surface area (Å²) >= 11 is 1.38. The van der Waals surface area contributed by atoms with Crippen molar-refractivity contribution in [2.24, 2.45) is 0 Å². The van der Waals surface area contributed by atoms with Crippen LogP contribution in [0.5, 0.6) is 0 Å². The van der Waals surface area contributed by atoms with Gasteiger partial charge in [0.1, 0.15) is 0 Å². The Labute approximate surface area is 155 Å². The number of hydrogen-bond acceptors (Lipinski definition) is 4. The van der Waals surface area contributed by atoms with Crippen LogP contribution in [0.1, 0.15) is 6.92 Å². The van der Waals surface area contributed by atoms with Gasteiger partial charge in [-0.2, -0.15) is 0 Å². The van der Waals surface area contributed by atoms with Crippen LogP contribution >= 0.6 is 11.8 Å². The van der Waals surface area contributed by atoms with E-state index in [9.17, 15) is 14.4 Å². The first-order chi connectivity index (χ1) is 12.4. The van der Waals surface area contributed by atoms with Crippen LogP contribution < -0.4 is 10.6 Å². The molecule has 2 aromatic rings. The van der Waals surface area contributed by atoms with E-state index in [1.807, 2.05) is 30.3 Å². The number of anilines is 2. The number of carboxylic acid groups (broad SMARTS) is 1. The van der Waals surface area contributed by atoms with Crippen LogP contribution in [0.4, 0.5) is 11.4 Å². The van der Waals surface area contributed by atoms with E-state index < -0.39 is 11.9 Å². The molecule has 0 spiro atoms. The average molecular weight is 370 g/mol. The van der Waals surface area contributed by atoms with E-state index in [2.05, 4.69) is 10.6 Å². The standard InChI is InChI=1S/C19H18N2O4S/c1-13(19(24)25)11-17(22)20-15-7-9-16(10-8-15)26-12-18(23)21-14-5-3-2-4-6-14/h2-11H,12H2,1H3,(H,20,22)(H,21,23)(H,24,25)/b13-11+. The van der Waals surface area contributed by atoms with Gasteiger partial charge in [0, 0.05) is 27.9 Å². The molecule has 0 aliphatic carbocycles. The molecule has 0 bridgehead atoms. The van der Waals surface area contributed by atoms with Gasteiger partial charge in [0.05, 0.1) is 5.75 Å². The maximum Gasteiger partial charge on any atom is 0.331 e. The number of amides is 2. The highest BCUT2D eigenvalue weighted by molar-refractivity contribution is 8.00. The molecule has 2 rings (SSSR count). The monoisotopic (exact) mass is 370 g/mol. The summed E-state index contributed by atoms with van der Waals surface area (Å²) in [7, 11) is 0. The lowest BCUT2D eigenvalue weighted by atomic mass is 10.2. The molecule has 0 saturated carbocycles. The van der Waals surface area contributed by atoms with E-state index in [0.717, 1.165) is 16.7 Å². The Morgan fingerprint density at radius 1 is 0.962 bits per heavy atom. The largest absolute Gasteiger partial charge is 0.478 e. The molecule has 2 aromatic carbocycles. The van der Waals surface area contributed by atoms with E-state index in [-0.39, 0.29) is 17.2 Å². The SMILES string of the molecule is C/C(=C\C(=O)Nc1ccc(SCC(=O)Nc2ccccc2)cc1)C(=O)O. The summed E-state index contributed by atoms with van der Waals surface area (Å²) in [5.74, 6) is -1.48. The maximum absolute atomic E-state index is 11.9. The Balaban J connectivity index is 1.83. The normalized spacial score (nSPS) is 10.9. The molecule has 0 aliphatic rings. The Hall–Kier alpha value is -3.06. The number of rotatable bonds is 7. The Bertz CT molecular complexity index is 817. The number of para-hydroxylation sites is 1. The fourth-order valence-electron chi connectivity index (χ4n) is 1.94. The summed E-state index contributed by atoms with van der Waals surface area (Å²) in [5.41, 5.74) is 1.25. The van der Waals surface area contributed by atoms with E-state index in [1.54, 1.807) is 24.3 Å². The minimum Gasteiger partial charge on any atom is -0.478 e. The van der Waals surface area contributed by atoms with Gasteiger partial charge in [0.2, 0.25) is 11.8 Å². The Morgan fingerprint density at radius 2 is 1.58 bits per heavy atom. The van der Waals surface area contributed by atoms with Crippen molar-refractivity contribution < 1.29 is 19.5 Å². The number of carbonyl (C=O) groups is 3. The van der Waals surface area contributed by atoms with Gasteiger partial charge >= 0.3 is 5.97 Å². The van der Waals surface area contributed by atoms with E-state index in [0.29, 0.717) is 5.69 Å². The molecule has 134 valence electrons. The Morgan fingerprint density at radius 3 is 2.19 bits per heavy atom. The van der Waals surface area contributed by atoms with E-state index in [1.165, 1.54) is 18.7 Å². The molecule has 2 amide bonds. The molecular formula is C19H18N2O4S. The van der Waals surface area contributed by atoms with Crippen LogP contribution in [0, 0.1) is 0 Å². The van der Waals surface area contributed by atoms with Gasteiger partial charge in [-0.3, -0.25) is 9.59 Å². The highest BCUT2D eigenvalue weighted by Gasteiger charge is 2.06. The fourth-order valence-corrected chi connectivity index (χ4v) is 2.64. The number of hydrogen-bond donors (Lipinski definition) is 3. The molecule has 26 heavy (non-hydrogen) atoms. The molecular weight excluding hydrogens is 352 g/mol. The van der Waals surface area contributed by atoms with Gasteiger partial charge < -0.3 is 15.7 Å². The lowest BCUT2D eigenvalue weighted by Crippen LogP contribution is -2.13. The highest BCUT2D eigenvalue weighted by Crippen LogP contribution is 2.20. The first-order valence-corrected chi connectivity index (χ1v) is 8.73. The molecule has 6 nitrogen and oxygen atoms in total. The van der Waals surface area contributed by atoms with Crippen molar-refractivity contribution in [3.8, 4) is 0 Å². The van der Waals surface area contributed by atoms with Crippen molar-refractivity contribution in [2.75, 3.05) is 16.4 Å². The molecule has 0 atom stereocenters. The van der Waals surface area contributed by atoms with Gasteiger partial charge in [0.25, 0.3) is 0 Å². The number of carboxylic acids is 1. The highest BCUT2D eigenvalue weighted by atomic mass is 32.2. The Kier molecular flexibility index (Phi) is 6.99. The third-order valence-corrected chi connectivity index (χ3v) is 4.25. The predicted octanol–water partition coefficient (Wildman–Crippen LogP) is 3.39. The van der Waals surface area contributed by atoms with Gasteiger partial charge in [-0.1, -0.05) is 18.2 Å². The van der Waals surface area contributed by atoms with E-state index in [4.69, 9.17) is 5.11 Å². The molecule has 0 saturated heterocycles. The molecule has 0 fully saturated rings. The van der Waals surface area contributed by atoms with Crippen molar-refractivity contribution >= 4 is 40.9 Å². The van der Waals surface area contributed by atoms with Crippen molar-refractivity contribution in [2.45, 2.75) is 11.8 Å². The second-order valence-electron chi connectivity index (χ2n) is 5.35. The predicted molar refractivity (Wildman–Crippen MR) is 102 cm³/mol. The second kappa shape index (κ2) is 9.43. The minimum absolute atomic E-state index is 0.0425. The minimum atomic E-state index is -1.14. The smallest absolute Gasteiger partial charge is 0.331 e. The molecule has 0 unspecified atom stereocenters. The first kappa shape index (κ1) is 19.3. The quantitative estimate of drug-likeness (QED) is 0.513. The topological polar surface area (TPSA) is 95.5 Å². The molecule has 0 radical (unpaired) electrons. The van der Waals surface area contributed by atoms with Crippen LogP contribution in [-0.4, -0.2) is 28.6 Å². The third-order valence-electron chi connectivity index (χ3n) is 3.23. The second-order valence-corrected chi connectivity index (χ2v) is 6.40. The summed E-state index contributed by atoms with van der Waals surface area (Å²) in [6, 6.07) is 16.2. The number of nitrogens with one attached hydrogen (secondary N) is 2. The summed E-state index contributed by atoms with van der Waals surface area (Å²) in [6.45, 7) is 1.35. The van der Waals surface area contributed by atoms with E-state index >= 15 is 0 Å². The molecule has 3 N–H and O–H groups in total. The van der Waals surface area contributed by atoms with Gasteiger partial charge in [-0.25, -0.2) is 4.79 Å². The number of benzene rings is 2. The third kappa shape index (κ3) is 6.45. The number of aliphatic carboxylic acids is 1. The zero-order valence-corrected chi connectivity index (χ0v) is 14.9.